The molecule has 158 valence electrons. The third-order valence-electron chi connectivity index (χ3n) is 4.97. The lowest BCUT2D eigenvalue weighted by Gasteiger charge is -2.30. The van der Waals surface area contributed by atoms with Crippen molar-refractivity contribution in [2.45, 2.75) is 25.9 Å². The number of ether oxygens (including phenoxy) is 1. The normalized spacial score (nSPS) is 12.4. The van der Waals surface area contributed by atoms with Gasteiger partial charge in [-0.15, -0.1) is 0 Å². The zero-order chi connectivity index (χ0) is 21.7. The highest BCUT2D eigenvalue weighted by molar-refractivity contribution is 7.92. The summed E-state index contributed by atoms with van der Waals surface area (Å²) in [7, 11) is -2.19. The molecule has 0 bridgehead atoms. The number of carbonyl (C=O) groups is 1. The van der Waals surface area contributed by atoms with Crippen molar-refractivity contribution in [3.63, 3.8) is 0 Å². The van der Waals surface area contributed by atoms with Crippen molar-refractivity contribution in [2.24, 2.45) is 0 Å². The van der Waals surface area contributed by atoms with Crippen LogP contribution in [0.5, 0.6) is 5.75 Å². The maximum absolute atomic E-state index is 13.1. The van der Waals surface area contributed by atoms with Gasteiger partial charge in [0.25, 0.3) is 0 Å². The number of hydrogen-bond donors (Lipinski definition) is 1. The Morgan fingerprint density at radius 3 is 2.47 bits per heavy atom. The molecule has 3 aromatic carbocycles. The topological polar surface area (TPSA) is 75.7 Å². The molecular weight excluding hydrogens is 400 g/mol. The van der Waals surface area contributed by atoms with E-state index in [0.717, 1.165) is 26.9 Å². The summed E-state index contributed by atoms with van der Waals surface area (Å²) in [5.41, 5.74) is 1.37. The second kappa shape index (κ2) is 9.17. The van der Waals surface area contributed by atoms with Crippen molar-refractivity contribution in [3.8, 4) is 5.75 Å². The minimum Gasteiger partial charge on any atom is -0.497 e. The number of rotatable bonds is 8. The number of methoxy groups -OCH3 is 1. The third-order valence-corrected chi connectivity index (χ3v) is 6.15. The summed E-state index contributed by atoms with van der Waals surface area (Å²) in [6.45, 7) is 2.10. The van der Waals surface area contributed by atoms with Crippen LogP contribution in [0.25, 0.3) is 10.8 Å². The molecule has 1 atom stereocenters. The Morgan fingerprint density at radius 1 is 1.07 bits per heavy atom. The predicted molar refractivity (Wildman–Crippen MR) is 120 cm³/mol. The second-order valence-electron chi connectivity index (χ2n) is 7.04. The third kappa shape index (κ3) is 4.74. The minimum atomic E-state index is -3.70. The van der Waals surface area contributed by atoms with Crippen molar-refractivity contribution in [3.05, 3.63) is 72.3 Å². The quantitative estimate of drug-likeness (QED) is 0.596. The fraction of sp³-hybridized carbons (Fsp3) is 0.261. The number of hydrogen-bond acceptors (Lipinski definition) is 4. The Bertz CT molecular complexity index is 1140. The largest absolute Gasteiger partial charge is 0.497 e. The fourth-order valence-electron chi connectivity index (χ4n) is 3.55. The van der Waals surface area contributed by atoms with E-state index in [-0.39, 0.29) is 5.91 Å². The molecule has 0 radical (unpaired) electrons. The molecule has 0 aliphatic rings. The van der Waals surface area contributed by atoms with Crippen molar-refractivity contribution < 1.29 is 17.9 Å². The van der Waals surface area contributed by atoms with Crippen LogP contribution in [0.4, 0.5) is 5.69 Å². The monoisotopic (exact) mass is 426 g/mol. The van der Waals surface area contributed by atoms with Gasteiger partial charge in [-0.3, -0.25) is 9.10 Å². The van der Waals surface area contributed by atoms with E-state index >= 15 is 0 Å². The Labute approximate surface area is 177 Å². The van der Waals surface area contributed by atoms with Crippen LogP contribution in [0, 0.1) is 0 Å². The lowest BCUT2D eigenvalue weighted by atomic mass is 10.0. The number of nitrogens with zero attached hydrogens (tertiary/aromatic N) is 1. The number of sulfonamides is 1. The summed E-state index contributed by atoms with van der Waals surface area (Å²) < 4.78 is 31.6. The molecule has 0 unspecified atom stereocenters. The Hall–Kier alpha value is -3.06. The Morgan fingerprint density at radius 2 is 1.77 bits per heavy atom. The summed E-state index contributed by atoms with van der Waals surface area (Å²) in [6.07, 6.45) is 1.43. The first-order chi connectivity index (χ1) is 14.3. The molecule has 1 amide bonds. The summed E-state index contributed by atoms with van der Waals surface area (Å²) in [5.74, 6) is 0.172. The van der Waals surface area contributed by atoms with Gasteiger partial charge in [-0.2, -0.15) is 0 Å². The lowest BCUT2D eigenvalue weighted by molar-refractivity contribution is -0.122. The van der Waals surface area contributed by atoms with Gasteiger partial charge < -0.3 is 10.1 Å². The minimum absolute atomic E-state index is 0.312. The van der Waals surface area contributed by atoms with Crippen molar-refractivity contribution in [2.75, 3.05) is 17.7 Å². The molecule has 0 saturated heterocycles. The Kier molecular flexibility index (Phi) is 6.62. The summed E-state index contributed by atoms with van der Waals surface area (Å²) >= 11 is 0. The zero-order valence-corrected chi connectivity index (χ0v) is 18.1. The molecule has 3 aromatic rings. The molecule has 1 N–H and O–H groups in total. The van der Waals surface area contributed by atoms with E-state index in [1.807, 2.05) is 42.5 Å². The highest BCUT2D eigenvalue weighted by Gasteiger charge is 2.31. The van der Waals surface area contributed by atoms with Crippen LogP contribution in [0.2, 0.25) is 0 Å². The first kappa shape index (κ1) is 21.6. The number of benzene rings is 3. The molecule has 0 aliphatic carbocycles. The van der Waals surface area contributed by atoms with Gasteiger partial charge in [0.2, 0.25) is 15.9 Å². The van der Waals surface area contributed by atoms with Crippen LogP contribution >= 0.6 is 0 Å². The van der Waals surface area contributed by atoms with E-state index in [0.29, 0.717) is 24.4 Å². The number of amides is 1. The van der Waals surface area contributed by atoms with Crippen molar-refractivity contribution in [1.29, 1.82) is 0 Å². The molecule has 0 aromatic heterocycles. The smallest absolute Gasteiger partial charge is 0.244 e. The van der Waals surface area contributed by atoms with Crippen molar-refractivity contribution in [1.82, 2.24) is 5.32 Å². The Balaban J connectivity index is 1.87. The van der Waals surface area contributed by atoms with Gasteiger partial charge in [0.05, 0.1) is 19.1 Å². The number of fused-ring (bicyclic) bond motifs is 1. The summed E-state index contributed by atoms with van der Waals surface area (Å²) in [4.78, 5) is 13.1. The van der Waals surface area contributed by atoms with E-state index in [9.17, 15) is 13.2 Å². The molecule has 0 heterocycles. The fourth-order valence-corrected chi connectivity index (χ4v) is 4.76. The van der Waals surface area contributed by atoms with Gasteiger partial charge in [-0.25, -0.2) is 8.42 Å². The van der Waals surface area contributed by atoms with Crippen LogP contribution in [-0.4, -0.2) is 33.7 Å². The average Bonchev–Trinajstić information content (AvgIpc) is 2.74. The molecule has 0 spiro atoms. The summed E-state index contributed by atoms with van der Waals surface area (Å²) in [6, 6.07) is 19.7. The van der Waals surface area contributed by atoms with Gasteiger partial charge in [0.1, 0.15) is 11.8 Å². The lowest BCUT2D eigenvalue weighted by Crippen LogP contribution is -2.49. The van der Waals surface area contributed by atoms with Crippen LogP contribution in [-0.2, 0) is 21.4 Å². The molecule has 30 heavy (non-hydrogen) atoms. The second-order valence-corrected chi connectivity index (χ2v) is 8.90. The standard InChI is InChI=1S/C23H26N2O4S/c1-4-22(25(30(3,27)28)19-12-8-13-20(15-19)29-2)23(26)24-16-18-11-7-10-17-9-5-6-14-21(17)18/h5-15,22H,4,16H2,1-3H3,(H,24,26)/t22-/m0/s1. The number of carbonyl (C=O) groups excluding carboxylic acids is 1. The van der Waals surface area contributed by atoms with E-state index < -0.39 is 16.1 Å². The molecule has 0 fully saturated rings. The first-order valence-corrected chi connectivity index (χ1v) is 11.6. The number of nitrogens with one attached hydrogen (secondary N) is 1. The molecule has 0 aliphatic heterocycles. The highest BCUT2D eigenvalue weighted by atomic mass is 32.2. The zero-order valence-electron chi connectivity index (χ0n) is 17.3. The molecule has 3 rings (SSSR count). The van der Waals surface area contributed by atoms with E-state index in [1.54, 1.807) is 31.2 Å². The predicted octanol–water partition coefficient (Wildman–Crippen LogP) is 3.71. The first-order valence-electron chi connectivity index (χ1n) is 9.73. The van der Waals surface area contributed by atoms with Crippen LogP contribution in [0.3, 0.4) is 0 Å². The van der Waals surface area contributed by atoms with Gasteiger partial charge >= 0.3 is 0 Å². The van der Waals surface area contributed by atoms with E-state index in [1.165, 1.54) is 7.11 Å². The number of anilines is 1. The van der Waals surface area contributed by atoms with Crippen LogP contribution < -0.4 is 14.4 Å². The average molecular weight is 427 g/mol. The van der Waals surface area contributed by atoms with Gasteiger partial charge in [0.15, 0.2) is 0 Å². The van der Waals surface area contributed by atoms with Crippen LogP contribution in [0.15, 0.2) is 66.7 Å². The van der Waals surface area contributed by atoms with E-state index in [4.69, 9.17) is 4.74 Å². The van der Waals surface area contributed by atoms with E-state index in [2.05, 4.69) is 5.32 Å². The van der Waals surface area contributed by atoms with Gasteiger partial charge in [-0.05, 0) is 34.9 Å². The van der Waals surface area contributed by atoms with Gasteiger partial charge in [0, 0.05) is 12.6 Å². The summed E-state index contributed by atoms with van der Waals surface area (Å²) in [5, 5.41) is 5.06. The highest BCUT2D eigenvalue weighted by Crippen LogP contribution is 2.26. The molecule has 6 nitrogen and oxygen atoms in total. The molecule has 7 heteroatoms. The SMILES string of the molecule is CC[C@@H](C(=O)NCc1cccc2ccccc12)N(c1cccc(OC)c1)S(C)(=O)=O. The molecule has 0 saturated carbocycles. The maximum atomic E-state index is 13.1. The van der Waals surface area contributed by atoms with Crippen molar-refractivity contribution >= 4 is 32.4 Å². The maximum Gasteiger partial charge on any atom is 0.244 e. The van der Waals surface area contributed by atoms with Gasteiger partial charge in [-0.1, -0.05) is 55.5 Å². The molecular formula is C23H26N2O4S. The van der Waals surface area contributed by atoms with Crippen LogP contribution in [0.1, 0.15) is 18.9 Å².